The molecule has 0 unspecified atom stereocenters. The molecule has 1 heterocycles. The van der Waals surface area contributed by atoms with E-state index in [1.54, 1.807) is 0 Å². The van der Waals surface area contributed by atoms with E-state index in [-0.39, 0.29) is 24.8 Å². The molecule has 3 atom stereocenters. The maximum absolute atomic E-state index is 11.8. The maximum Gasteiger partial charge on any atom is 0.315 e. The van der Waals surface area contributed by atoms with Gasteiger partial charge in [-0.1, -0.05) is 66.7 Å². The van der Waals surface area contributed by atoms with Crippen LogP contribution in [0.25, 0.3) is 11.1 Å². The smallest absolute Gasteiger partial charge is 0.315 e. The number of aliphatic hydroxyl groups is 1. The first-order valence-corrected chi connectivity index (χ1v) is 13.5. The molecular formula is C32H39N3O4. The highest BCUT2D eigenvalue weighted by Gasteiger charge is 2.32. The Kier molecular flexibility index (Phi) is 10.3. The van der Waals surface area contributed by atoms with Gasteiger partial charge < -0.3 is 30.1 Å². The minimum Gasteiger partial charge on any atom is -0.392 e. The monoisotopic (exact) mass is 529 g/mol. The van der Waals surface area contributed by atoms with E-state index < -0.39 is 6.29 Å². The second-order valence-corrected chi connectivity index (χ2v) is 9.90. The Balaban J connectivity index is 1.55. The van der Waals surface area contributed by atoms with Gasteiger partial charge in [-0.25, -0.2) is 4.79 Å². The predicted octanol–water partition coefficient (Wildman–Crippen LogP) is 5.33. The van der Waals surface area contributed by atoms with Crippen LogP contribution >= 0.6 is 0 Å². The predicted molar refractivity (Wildman–Crippen MR) is 154 cm³/mol. The lowest BCUT2D eigenvalue weighted by Crippen LogP contribution is -2.37. The first-order valence-electron chi connectivity index (χ1n) is 13.5. The highest BCUT2D eigenvalue weighted by atomic mass is 16.7. The molecule has 1 fully saturated rings. The van der Waals surface area contributed by atoms with E-state index in [2.05, 4.69) is 53.4 Å². The molecule has 0 bridgehead atoms. The van der Waals surface area contributed by atoms with Crippen molar-refractivity contribution in [1.29, 1.82) is 0 Å². The topological polar surface area (TPSA) is 83.1 Å². The molecule has 1 aliphatic heterocycles. The summed E-state index contributed by atoms with van der Waals surface area (Å²) in [4.78, 5) is 14.0. The molecule has 4 rings (SSSR count). The summed E-state index contributed by atoms with van der Waals surface area (Å²) in [7, 11) is 2.06. The van der Waals surface area contributed by atoms with Crippen molar-refractivity contribution < 1.29 is 19.4 Å². The Labute approximate surface area is 231 Å². The fraction of sp³-hybridized carbons (Fsp3) is 0.344. The molecule has 3 N–H and O–H groups in total. The number of carbonyl (C=O) groups excluding carboxylic acids is 1. The normalized spacial score (nSPS) is 19.0. The molecule has 1 saturated heterocycles. The van der Waals surface area contributed by atoms with Crippen molar-refractivity contribution in [2.24, 2.45) is 0 Å². The van der Waals surface area contributed by atoms with Gasteiger partial charge in [0.1, 0.15) is 0 Å². The molecule has 3 aromatic carbocycles. The lowest BCUT2D eigenvalue weighted by atomic mass is 9.98. The number of benzene rings is 3. The van der Waals surface area contributed by atoms with Gasteiger partial charge in [-0.2, -0.15) is 0 Å². The third kappa shape index (κ3) is 8.00. The van der Waals surface area contributed by atoms with Crippen molar-refractivity contribution >= 4 is 6.03 Å². The zero-order valence-corrected chi connectivity index (χ0v) is 22.8. The van der Waals surface area contributed by atoms with Crippen molar-refractivity contribution in [3.8, 4) is 11.1 Å². The number of nitrogens with one attached hydrogen (secondary N) is 2. The number of rotatable bonds is 11. The van der Waals surface area contributed by atoms with Crippen LogP contribution in [0.15, 0.2) is 85.5 Å². The number of carbonyl (C=O) groups is 1. The SMILES string of the molecule is C=CCN(C)C[C@@H]1C[C@H](c2ccc(CO)cc2)O[C@H](c2cccc(-c3cccc(CNC(=O)NCC)c3)c2)O1. The van der Waals surface area contributed by atoms with E-state index in [9.17, 15) is 9.90 Å². The van der Waals surface area contributed by atoms with E-state index in [4.69, 9.17) is 9.47 Å². The lowest BCUT2D eigenvalue weighted by Gasteiger charge is -2.37. The zero-order chi connectivity index (χ0) is 27.6. The van der Waals surface area contributed by atoms with Crippen LogP contribution in [-0.4, -0.2) is 48.8 Å². The molecule has 0 radical (unpaired) electrons. The Morgan fingerprint density at radius 1 is 1.00 bits per heavy atom. The lowest BCUT2D eigenvalue weighted by molar-refractivity contribution is -0.252. The van der Waals surface area contributed by atoms with Crippen LogP contribution in [0.2, 0.25) is 0 Å². The number of nitrogens with zero attached hydrogens (tertiary/aromatic N) is 1. The summed E-state index contributed by atoms with van der Waals surface area (Å²) in [6.45, 7) is 8.34. The number of aliphatic hydroxyl groups excluding tert-OH is 1. The number of ether oxygens (including phenoxy) is 2. The van der Waals surface area contributed by atoms with Crippen molar-refractivity contribution in [1.82, 2.24) is 15.5 Å². The Morgan fingerprint density at radius 2 is 1.74 bits per heavy atom. The van der Waals surface area contributed by atoms with Crippen molar-refractivity contribution in [3.05, 3.63) is 108 Å². The van der Waals surface area contributed by atoms with E-state index in [0.29, 0.717) is 13.1 Å². The molecular weight excluding hydrogens is 490 g/mol. The van der Waals surface area contributed by atoms with Crippen molar-refractivity contribution in [2.75, 3.05) is 26.7 Å². The molecule has 7 nitrogen and oxygen atoms in total. The van der Waals surface area contributed by atoms with E-state index in [1.165, 1.54) is 0 Å². The van der Waals surface area contributed by atoms with Gasteiger partial charge in [0.2, 0.25) is 0 Å². The number of hydrogen-bond acceptors (Lipinski definition) is 5. The van der Waals surface area contributed by atoms with Gasteiger partial charge in [-0.15, -0.1) is 6.58 Å². The van der Waals surface area contributed by atoms with Gasteiger partial charge in [0.15, 0.2) is 6.29 Å². The number of amides is 2. The molecule has 39 heavy (non-hydrogen) atoms. The summed E-state index contributed by atoms with van der Waals surface area (Å²) in [5.74, 6) is 0. The first-order chi connectivity index (χ1) is 19.0. The van der Waals surface area contributed by atoms with Gasteiger partial charge in [0.05, 0.1) is 18.8 Å². The minimum absolute atomic E-state index is 0.0164. The first kappa shape index (κ1) is 28.5. The standard InChI is InChI=1S/C32H39N3O4/c1-4-16-35(3)21-29-19-30(25-14-12-23(22-36)13-15-25)39-31(38-29)28-11-7-10-27(18-28)26-9-6-8-24(17-26)20-34-32(37)33-5-2/h4,6-15,17-18,29-31,36H,1,5,16,19-22H2,2-3H3,(H2,33,34,37)/t29-,30+,31+/m0/s1. The molecule has 7 heteroatoms. The minimum atomic E-state index is -0.522. The van der Waals surface area contributed by atoms with Crippen LogP contribution in [-0.2, 0) is 22.6 Å². The molecule has 0 aromatic heterocycles. The molecule has 206 valence electrons. The highest BCUT2D eigenvalue weighted by Crippen LogP contribution is 2.39. The van der Waals surface area contributed by atoms with Crippen LogP contribution < -0.4 is 10.6 Å². The molecule has 0 saturated carbocycles. The summed E-state index contributed by atoms with van der Waals surface area (Å²) in [5, 5.41) is 15.1. The van der Waals surface area contributed by atoms with Crippen molar-refractivity contribution in [2.45, 2.75) is 45.0 Å². The van der Waals surface area contributed by atoms with Crippen molar-refractivity contribution in [3.63, 3.8) is 0 Å². The third-order valence-electron chi connectivity index (χ3n) is 6.78. The summed E-state index contributed by atoms with van der Waals surface area (Å²) in [5.41, 5.74) is 6.02. The fourth-order valence-electron chi connectivity index (χ4n) is 4.81. The van der Waals surface area contributed by atoms with Gasteiger partial charge in [0.25, 0.3) is 0 Å². The van der Waals surface area contributed by atoms with Gasteiger partial charge in [-0.05, 0) is 53.9 Å². The molecule has 3 aromatic rings. The van der Waals surface area contributed by atoms with E-state index in [1.807, 2.05) is 61.5 Å². The van der Waals surface area contributed by atoms with Crippen LogP contribution in [0.5, 0.6) is 0 Å². The van der Waals surface area contributed by atoms with Crippen LogP contribution in [0.1, 0.15) is 48.0 Å². The quantitative estimate of drug-likeness (QED) is 0.293. The summed E-state index contributed by atoms with van der Waals surface area (Å²) in [6, 6.07) is 24.2. The molecule has 0 aliphatic carbocycles. The average Bonchev–Trinajstić information content (AvgIpc) is 2.96. The molecule has 0 spiro atoms. The van der Waals surface area contributed by atoms with Gasteiger partial charge >= 0.3 is 6.03 Å². The van der Waals surface area contributed by atoms with Crippen LogP contribution in [0.3, 0.4) is 0 Å². The average molecular weight is 530 g/mol. The number of likely N-dealkylation sites (N-methyl/N-ethyl adjacent to an activating group) is 1. The van der Waals surface area contributed by atoms with Gasteiger partial charge in [0, 0.05) is 38.2 Å². The number of hydrogen-bond donors (Lipinski definition) is 3. The summed E-state index contributed by atoms with van der Waals surface area (Å²) < 4.78 is 13.0. The maximum atomic E-state index is 11.8. The fourth-order valence-corrected chi connectivity index (χ4v) is 4.81. The van der Waals surface area contributed by atoms with E-state index >= 15 is 0 Å². The van der Waals surface area contributed by atoms with Gasteiger partial charge in [-0.3, -0.25) is 0 Å². The molecule has 2 amide bonds. The second kappa shape index (κ2) is 14.1. The van der Waals surface area contributed by atoms with E-state index in [0.717, 1.165) is 52.9 Å². The summed E-state index contributed by atoms with van der Waals surface area (Å²) in [6.07, 6.45) is 1.95. The Morgan fingerprint density at radius 3 is 2.46 bits per heavy atom. The highest BCUT2D eigenvalue weighted by molar-refractivity contribution is 5.74. The zero-order valence-electron chi connectivity index (χ0n) is 22.8. The summed E-state index contributed by atoms with van der Waals surface area (Å²) >= 11 is 0. The Bertz CT molecular complexity index is 1230. The number of urea groups is 1. The largest absolute Gasteiger partial charge is 0.392 e. The third-order valence-corrected chi connectivity index (χ3v) is 6.78. The van der Waals surface area contributed by atoms with Crippen LogP contribution in [0.4, 0.5) is 4.79 Å². The van der Waals surface area contributed by atoms with Crippen LogP contribution in [0, 0.1) is 0 Å². The molecule has 1 aliphatic rings. The second-order valence-electron chi connectivity index (χ2n) is 9.90. The Hall–Kier alpha value is -3.49.